The zero-order valence-corrected chi connectivity index (χ0v) is 12.0. The Morgan fingerprint density at radius 1 is 1.30 bits per heavy atom. The number of ether oxygens (including phenoxy) is 2. The van der Waals surface area contributed by atoms with Crippen LogP contribution in [0.4, 0.5) is 0 Å². The molecule has 0 aliphatic carbocycles. The molecule has 20 heavy (non-hydrogen) atoms. The van der Waals surface area contributed by atoms with Crippen molar-refractivity contribution in [1.29, 1.82) is 0 Å². The first kappa shape index (κ1) is 14.1. The molecule has 0 bridgehead atoms. The second-order valence-corrected chi connectivity index (χ2v) is 4.51. The number of ketones is 1. The van der Waals surface area contributed by atoms with Crippen molar-refractivity contribution in [3.05, 3.63) is 40.8 Å². The van der Waals surface area contributed by atoms with E-state index in [4.69, 9.17) is 14.0 Å². The Labute approximate surface area is 117 Å². The van der Waals surface area contributed by atoms with Crippen molar-refractivity contribution in [3.63, 3.8) is 0 Å². The lowest BCUT2D eigenvalue weighted by Crippen LogP contribution is -2.01. The number of aromatic nitrogens is 1. The number of aryl methyl sites for hydroxylation is 2. The highest BCUT2D eigenvalue weighted by Gasteiger charge is 2.12. The third kappa shape index (κ3) is 2.82. The third-order valence-electron chi connectivity index (χ3n) is 3.12. The third-order valence-corrected chi connectivity index (χ3v) is 3.12. The van der Waals surface area contributed by atoms with Gasteiger partial charge in [0.25, 0.3) is 0 Å². The number of hydrogen-bond donors (Lipinski definition) is 0. The van der Waals surface area contributed by atoms with Gasteiger partial charge >= 0.3 is 0 Å². The molecule has 2 rings (SSSR count). The van der Waals surface area contributed by atoms with Crippen molar-refractivity contribution in [2.75, 3.05) is 7.11 Å². The average Bonchev–Trinajstić information content (AvgIpc) is 2.75. The van der Waals surface area contributed by atoms with Gasteiger partial charge in [-0.25, -0.2) is 0 Å². The second-order valence-electron chi connectivity index (χ2n) is 4.51. The minimum atomic E-state index is -0.0134. The topological polar surface area (TPSA) is 61.6 Å². The molecule has 1 aromatic heterocycles. The molecule has 0 aliphatic rings. The Balaban J connectivity index is 2.19. The predicted octanol–water partition coefficient (Wildman–Crippen LogP) is 3.08. The number of hydrogen-bond acceptors (Lipinski definition) is 5. The molecule has 0 spiro atoms. The van der Waals surface area contributed by atoms with Crippen LogP contribution in [0.3, 0.4) is 0 Å². The van der Waals surface area contributed by atoms with E-state index >= 15 is 0 Å². The number of carbonyl (C=O) groups is 1. The number of carbonyl (C=O) groups excluding carboxylic acids is 1. The van der Waals surface area contributed by atoms with E-state index in [1.165, 1.54) is 6.92 Å². The molecule has 1 heterocycles. The fourth-order valence-electron chi connectivity index (χ4n) is 1.86. The molecule has 2 aromatic rings. The lowest BCUT2D eigenvalue weighted by atomic mass is 10.1. The first-order valence-electron chi connectivity index (χ1n) is 6.26. The number of Topliss-reactive ketones (excluding diaryl/α,β-unsaturated/α-hetero) is 1. The van der Waals surface area contributed by atoms with Crippen LogP contribution in [-0.2, 0) is 6.61 Å². The first-order valence-corrected chi connectivity index (χ1v) is 6.26. The van der Waals surface area contributed by atoms with Crippen LogP contribution in [0.25, 0.3) is 0 Å². The van der Waals surface area contributed by atoms with Crippen molar-refractivity contribution in [1.82, 2.24) is 5.16 Å². The normalized spacial score (nSPS) is 10.4. The Bertz CT molecular complexity index is 611. The Kier molecular flexibility index (Phi) is 4.08. The van der Waals surface area contributed by atoms with Gasteiger partial charge < -0.3 is 14.0 Å². The summed E-state index contributed by atoms with van der Waals surface area (Å²) in [6.45, 7) is 5.57. The number of nitrogens with zero attached hydrogens (tertiary/aromatic N) is 1. The molecule has 106 valence electrons. The zero-order valence-electron chi connectivity index (χ0n) is 12.0. The molecule has 0 amide bonds. The van der Waals surface area contributed by atoms with Crippen LogP contribution in [0.1, 0.15) is 34.3 Å². The van der Waals surface area contributed by atoms with Crippen molar-refractivity contribution < 1.29 is 18.8 Å². The number of methoxy groups -OCH3 is 1. The van der Waals surface area contributed by atoms with Crippen LogP contribution in [0.2, 0.25) is 0 Å². The maximum absolute atomic E-state index is 11.3. The monoisotopic (exact) mass is 275 g/mol. The van der Waals surface area contributed by atoms with Gasteiger partial charge in [-0.2, -0.15) is 0 Å². The van der Waals surface area contributed by atoms with Crippen LogP contribution >= 0.6 is 0 Å². The van der Waals surface area contributed by atoms with Gasteiger partial charge in [-0.15, -0.1) is 0 Å². The van der Waals surface area contributed by atoms with E-state index in [9.17, 15) is 4.79 Å². The predicted molar refractivity (Wildman–Crippen MR) is 73.3 cm³/mol. The van der Waals surface area contributed by atoms with E-state index in [-0.39, 0.29) is 5.78 Å². The van der Waals surface area contributed by atoms with Crippen molar-refractivity contribution in [2.45, 2.75) is 27.4 Å². The van der Waals surface area contributed by atoms with Crippen LogP contribution in [-0.4, -0.2) is 18.0 Å². The largest absolute Gasteiger partial charge is 0.493 e. The standard InChI is InChI=1S/C15H17NO4/c1-9-13(11(3)20-16-9)8-19-14-6-5-12(10(2)17)7-15(14)18-4/h5-7H,8H2,1-4H3. The van der Waals surface area contributed by atoms with E-state index in [1.54, 1.807) is 25.3 Å². The van der Waals surface area contributed by atoms with Gasteiger partial charge in [0, 0.05) is 5.56 Å². The van der Waals surface area contributed by atoms with Crippen LogP contribution in [0, 0.1) is 13.8 Å². The molecule has 0 radical (unpaired) electrons. The van der Waals surface area contributed by atoms with E-state index < -0.39 is 0 Å². The summed E-state index contributed by atoms with van der Waals surface area (Å²) in [4.78, 5) is 11.3. The highest BCUT2D eigenvalue weighted by Crippen LogP contribution is 2.29. The summed E-state index contributed by atoms with van der Waals surface area (Å²) in [6.07, 6.45) is 0. The molecule has 0 fully saturated rings. The number of rotatable bonds is 5. The summed E-state index contributed by atoms with van der Waals surface area (Å²) >= 11 is 0. The van der Waals surface area contributed by atoms with Crippen molar-refractivity contribution >= 4 is 5.78 Å². The SMILES string of the molecule is COc1cc(C(C)=O)ccc1OCc1c(C)noc1C. The molecule has 0 aliphatic heterocycles. The highest BCUT2D eigenvalue weighted by molar-refractivity contribution is 5.94. The zero-order chi connectivity index (χ0) is 14.7. The Hall–Kier alpha value is -2.30. The maximum Gasteiger partial charge on any atom is 0.161 e. The van der Waals surface area contributed by atoms with E-state index in [0.29, 0.717) is 23.7 Å². The highest BCUT2D eigenvalue weighted by atomic mass is 16.5. The van der Waals surface area contributed by atoms with E-state index in [0.717, 1.165) is 17.0 Å². The fraction of sp³-hybridized carbons (Fsp3) is 0.333. The molecule has 0 atom stereocenters. The van der Waals surface area contributed by atoms with Crippen LogP contribution < -0.4 is 9.47 Å². The molecular formula is C15H17NO4. The summed E-state index contributed by atoms with van der Waals surface area (Å²) in [5.74, 6) is 1.84. The molecule has 1 aromatic carbocycles. The summed E-state index contributed by atoms with van der Waals surface area (Å²) in [5.41, 5.74) is 2.32. The molecule has 0 saturated carbocycles. The molecule has 0 unspecified atom stereocenters. The molecule has 0 saturated heterocycles. The minimum absolute atomic E-state index is 0.0134. The van der Waals surface area contributed by atoms with Gasteiger partial charge in [0.1, 0.15) is 12.4 Å². The van der Waals surface area contributed by atoms with Crippen LogP contribution in [0.5, 0.6) is 11.5 Å². The summed E-state index contributed by atoms with van der Waals surface area (Å²) < 4.78 is 16.1. The fourth-order valence-corrected chi connectivity index (χ4v) is 1.86. The lowest BCUT2D eigenvalue weighted by Gasteiger charge is -2.11. The molecule has 5 nitrogen and oxygen atoms in total. The smallest absolute Gasteiger partial charge is 0.161 e. The van der Waals surface area contributed by atoms with E-state index in [2.05, 4.69) is 5.16 Å². The quantitative estimate of drug-likeness (QED) is 0.785. The summed E-state index contributed by atoms with van der Waals surface area (Å²) in [6, 6.07) is 5.12. The van der Waals surface area contributed by atoms with Gasteiger partial charge in [0.15, 0.2) is 17.3 Å². The second kappa shape index (κ2) is 5.77. The van der Waals surface area contributed by atoms with Gasteiger partial charge in [-0.05, 0) is 39.0 Å². The van der Waals surface area contributed by atoms with Crippen molar-refractivity contribution in [2.24, 2.45) is 0 Å². The molecular weight excluding hydrogens is 258 g/mol. The van der Waals surface area contributed by atoms with Gasteiger partial charge in [-0.3, -0.25) is 4.79 Å². The van der Waals surface area contributed by atoms with Gasteiger partial charge in [0.05, 0.1) is 18.4 Å². The Morgan fingerprint density at radius 3 is 2.60 bits per heavy atom. The van der Waals surface area contributed by atoms with Crippen LogP contribution in [0.15, 0.2) is 22.7 Å². The van der Waals surface area contributed by atoms with Crippen molar-refractivity contribution in [3.8, 4) is 11.5 Å². The Morgan fingerprint density at radius 2 is 2.05 bits per heavy atom. The molecule has 5 heteroatoms. The van der Waals surface area contributed by atoms with Gasteiger partial charge in [-0.1, -0.05) is 5.16 Å². The maximum atomic E-state index is 11.3. The first-order chi connectivity index (χ1) is 9.52. The van der Waals surface area contributed by atoms with E-state index in [1.807, 2.05) is 13.8 Å². The lowest BCUT2D eigenvalue weighted by molar-refractivity contribution is 0.101. The van der Waals surface area contributed by atoms with Gasteiger partial charge in [0.2, 0.25) is 0 Å². The number of benzene rings is 1. The minimum Gasteiger partial charge on any atom is -0.493 e. The summed E-state index contributed by atoms with van der Waals surface area (Å²) in [5, 5.41) is 3.88. The summed E-state index contributed by atoms with van der Waals surface area (Å²) in [7, 11) is 1.54. The molecule has 0 N–H and O–H groups in total. The average molecular weight is 275 g/mol.